The van der Waals surface area contributed by atoms with Crippen molar-refractivity contribution in [1.29, 1.82) is 0 Å². The zero-order chi connectivity index (χ0) is 13.6. The molecule has 1 aromatic rings. The number of amides is 1. The molecular weight excluding hydrogens is 264 g/mol. The molecule has 6 heteroatoms. The number of aromatic carboxylic acids is 1. The maximum atomic E-state index is 12.3. The number of carboxylic acid groups (broad SMARTS) is 1. The van der Waals surface area contributed by atoms with Gasteiger partial charge in [-0.2, -0.15) is 0 Å². The second-order valence-electron chi connectivity index (χ2n) is 5.34. The van der Waals surface area contributed by atoms with Crippen LogP contribution in [0.4, 0.5) is 0 Å². The predicted octanol–water partition coefficient (Wildman–Crippen LogP) is 1.26. The fourth-order valence-corrected chi connectivity index (χ4v) is 3.58. The Morgan fingerprint density at radius 2 is 1.95 bits per heavy atom. The van der Waals surface area contributed by atoms with E-state index in [1.807, 2.05) is 0 Å². The molecule has 1 aliphatic heterocycles. The molecule has 102 valence electrons. The van der Waals surface area contributed by atoms with E-state index in [2.05, 4.69) is 0 Å². The van der Waals surface area contributed by atoms with Crippen molar-refractivity contribution in [3.63, 3.8) is 0 Å². The lowest BCUT2D eigenvalue weighted by atomic mass is 9.99. The van der Waals surface area contributed by atoms with Crippen molar-refractivity contribution in [1.82, 2.24) is 4.90 Å². The minimum Gasteiger partial charge on any atom is -0.477 e. The van der Waals surface area contributed by atoms with Crippen molar-refractivity contribution < 1.29 is 14.7 Å². The summed E-state index contributed by atoms with van der Waals surface area (Å²) in [6, 6.07) is 3.14. The second kappa shape index (κ2) is 4.61. The number of carbonyl (C=O) groups excluding carboxylic acids is 1. The molecule has 3 rings (SSSR count). The van der Waals surface area contributed by atoms with Crippen molar-refractivity contribution in [3.05, 3.63) is 21.9 Å². The topological polar surface area (TPSA) is 83.6 Å². The number of nitrogens with zero attached hydrogens (tertiary/aromatic N) is 1. The maximum absolute atomic E-state index is 12.3. The van der Waals surface area contributed by atoms with Crippen molar-refractivity contribution in [2.45, 2.75) is 18.9 Å². The number of nitrogens with two attached hydrogens (primary N) is 1. The van der Waals surface area contributed by atoms with E-state index in [4.69, 9.17) is 10.8 Å². The molecule has 0 radical (unpaired) electrons. The van der Waals surface area contributed by atoms with Crippen LogP contribution in [0.1, 0.15) is 32.2 Å². The molecule has 2 heterocycles. The maximum Gasteiger partial charge on any atom is 0.345 e. The Hall–Kier alpha value is -1.40. The van der Waals surface area contributed by atoms with Crippen molar-refractivity contribution in [2.75, 3.05) is 13.1 Å². The number of hydrogen-bond donors (Lipinski definition) is 2. The van der Waals surface area contributed by atoms with E-state index in [1.165, 1.54) is 18.9 Å². The van der Waals surface area contributed by atoms with E-state index in [-0.39, 0.29) is 16.8 Å². The smallest absolute Gasteiger partial charge is 0.345 e. The van der Waals surface area contributed by atoms with E-state index in [0.717, 1.165) is 11.3 Å². The second-order valence-corrected chi connectivity index (χ2v) is 6.43. The summed E-state index contributed by atoms with van der Waals surface area (Å²) in [5.41, 5.74) is 6.10. The molecule has 3 N–H and O–H groups in total. The molecule has 1 saturated heterocycles. The van der Waals surface area contributed by atoms with Crippen LogP contribution in [0.3, 0.4) is 0 Å². The van der Waals surface area contributed by atoms with Crippen LogP contribution < -0.4 is 5.73 Å². The van der Waals surface area contributed by atoms with E-state index >= 15 is 0 Å². The SMILES string of the molecule is N[C@H]1CN(C(=O)c2ccc(C(=O)O)s2)C[C@@H]1C1CC1. The molecule has 5 nitrogen and oxygen atoms in total. The van der Waals surface area contributed by atoms with E-state index < -0.39 is 5.97 Å². The lowest BCUT2D eigenvalue weighted by Gasteiger charge is -2.14. The van der Waals surface area contributed by atoms with Gasteiger partial charge in [0.1, 0.15) is 4.88 Å². The van der Waals surface area contributed by atoms with Gasteiger partial charge < -0.3 is 15.7 Å². The summed E-state index contributed by atoms with van der Waals surface area (Å²) in [7, 11) is 0. The van der Waals surface area contributed by atoms with Gasteiger partial charge in [0.05, 0.1) is 4.88 Å². The number of carbonyl (C=O) groups is 2. The lowest BCUT2D eigenvalue weighted by Crippen LogP contribution is -2.32. The van der Waals surface area contributed by atoms with Crippen LogP contribution in [-0.4, -0.2) is 41.0 Å². The zero-order valence-electron chi connectivity index (χ0n) is 10.4. The highest BCUT2D eigenvalue weighted by Gasteiger charge is 2.42. The molecule has 2 aliphatic rings. The van der Waals surface area contributed by atoms with Crippen molar-refractivity contribution in [2.24, 2.45) is 17.6 Å². The van der Waals surface area contributed by atoms with Gasteiger partial charge in [0.2, 0.25) is 0 Å². The number of hydrogen-bond acceptors (Lipinski definition) is 4. The molecule has 0 aromatic carbocycles. The predicted molar refractivity (Wildman–Crippen MR) is 71.4 cm³/mol. The first-order valence-electron chi connectivity index (χ1n) is 6.44. The summed E-state index contributed by atoms with van der Waals surface area (Å²) < 4.78 is 0. The van der Waals surface area contributed by atoms with Crippen LogP contribution >= 0.6 is 11.3 Å². The van der Waals surface area contributed by atoms with Crippen LogP contribution in [0.2, 0.25) is 0 Å². The Morgan fingerprint density at radius 1 is 1.26 bits per heavy atom. The third kappa shape index (κ3) is 2.37. The van der Waals surface area contributed by atoms with Gasteiger partial charge >= 0.3 is 5.97 Å². The molecular formula is C13H16N2O3S. The highest BCUT2D eigenvalue weighted by atomic mass is 32.1. The van der Waals surface area contributed by atoms with Crippen LogP contribution in [0, 0.1) is 11.8 Å². The zero-order valence-corrected chi connectivity index (χ0v) is 11.2. The lowest BCUT2D eigenvalue weighted by molar-refractivity contribution is 0.0701. The Kier molecular flexibility index (Phi) is 3.06. The number of thiophene rings is 1. The molecule has 1 saturated carbocycles. The Balaban J connectivity index is 1.71. The first kappa shape index (κ1) is 12.6. The molecule has 0 unspecified atom stereocenters. The van der Waals surface area contributed by atoms with Gasteiger partial charge in [0.25, 0.3) is 5.91 Å². The van der Waals surface area contributed by atoms with Gasteiger partial charge in [0, 0.05) is 19.1 Å². The van der Waals surface area contributed by atoms with Crippen molar-refractivity contribution in [3.8, 4) is 0 Å². The Bertz CT molecular complexity index is 524. The average molecular weight is 280 g/mol. The fraction of sp³-hybridized carbons (Fsp3) is 0.538. The van der Waals surface area contributed by atoms with E-state index in [1.54, 1.807) is 11.0 Å². The molecule has 1 amide bonds. The normalized spacial score (nSPS) is 26.7. The summed E-state index contributed by atoms with van der Waals surface area (Å²) in [6.45, 7) is 1.30. The molecule has 1 aliphatic carbocycles. The van der Waals surface area contributed by atoms with Gasteiger partial charge in [-0.1, -0.05) is 0 Å². The number of carboxylic acids is 1. The minimum atomic E-state index is -0.988. The van der Waals surface area contributed by atoms with Gasteiger partial charge in [-0.3, -0.25) is 4.79 Å². The quantitative estimate of drug-likeness (QED) is 0.873. The van der Waals surface area contributed by atoms with Gasteiger partial charge in [-0.15, -0.1) is 11.3 Å². The number of rotatable bonds is 3. The summed E-state index contributed by atoms with van der Waals surface area (Å²) in [4.78, 5) is 25.6. The Labute approximate surface area is 115 Å². The summed E-state index contributed by atoms with van der Waals surface area (Å²) >= 11 is 1.03. The fourth-order valence-electron chi connectivity index (χ4n) is 2.77. The van der Waals surface area contributed by atoms with E-state index in [9.17, 15) is 9.59 Å². The Morgan fingerprint density at radius 3 is 2.53 bits per heavy atom. The van der Waals surface area contributed by atoms with Crippen LogP contribution in [0.25, 0.3) is 0 Å². The summed E-state index contributed by atoms with van der Waals surface area (Å²) in [5, 5.41) is 8.88. The summed E-state index contributed by atoms with van der Waals surface area (Å²) in [5.74, 6) is 0.0303. The third-order valence-electron chi connectivity index (χ3n) is 3.95. The number of likely N-dealkylation sites (tertiary alicyclic amines) is 1. The molecule has 0 bridgehead atoms. The highest BCUT2D eigenvalue weighted by molar-refractivity contribution is 7.15. The van der Waals surface area contributed by atoms with E-state index in [0.29, 0.717) is 29.8 Å². The van der Waals surface area contributed by atoms with Crippen molar-refractivity contribution >= 4 is 23.2 Å². The largest absolute Gasteiger partial charge is 0.477 e. The van der Waals surface area contributed by atoms with Crippen LogP contribution in [0.15, 0.2) is 12.1 Å². The first-order valence-corrected chi connectivity index (χ1v) is 7.26. The molecule has 2 fully saturated rings. The van der Waals surface area contributed by atoms with Crippen LogP contribution in [0.5, 0.6) is 0 Å². The molecule has 0 spiro atoms. The van der Waals surface area contributed by atoms with Gasteiger partial charge in [0.15, 0.2) is 0 Å². The third-order valence-corrected chi connectivity index (χ3v) is 5.02. The van der Waals surface area contributed by atoms with Gasteiger partial charge in [-0.05, 0) is 36.8 Å². The van der Waals surface area contributed by atoms with Crippen LogP contribution in [-0.2, 0) is 0 Å². The summed E-state index contributed by atoms with van der Waals surface area (Å²) in [6.07, 6.45) is 2.45. The monoisotopic (exact) mass is 280 g/mol. The molecule has 2 atom stereocenters. The molecule has 1 aromatic heterocycles. The average Bonchev–Trinajstić information content (AvgIpc) is 2.95. The standard InChI is InChI=1S/C13H16N2O3S/c14-9-6-15(5-8(9)7-1-2-7)12(16)10-3-4-11(19-10)13(17)18/h3-4,7-9H,1-2,5-6,14H2,(H,17,18)/t8-,9+/m1/s1. The molecule has 19 heavy (non-hydrogen) atoms. The first-order chi connectivity index (χ1) is 9.06. The van der Waals surface area contributed by atoms with Gasteiger partial charge in [-0.25, -0.2) is 4.79 Å². The highest BCUT2D eigenvalue weighted by Crippen LogP contribution is 2.41. The minimum absolute atomic E-state index is 0.0651.